The Morgan fingerprint density at radius 2 is 2.21 bits per heavy atom. The first-order valence-electron chi connectivity index (χ1n) is 9.37. The van der Waals surface area contributed by atoms with Crippen molar-refractivity contribution in [2.45, 2.75) is 32.4 Å². The number of nitrogens with two attached hydrogens (primary N) is 1. The number of hydrogen-bond acceptors (Lipinski definition) is 6. The van der Waals surface area contributed by atoms with E-state index in [2.05, 4.69) is 10.3 Å². The summed E-state index contributed by atoms with van der Waals surface area (Å²) in [5, 5.41) is 14.7. The molecule has 1 aliphatic rings. The molecule has 8 nitrogen and oxygen atoms in total. The number of rotatable bonds is 6. The zero-order chi connectivity index (χ0) is 20.3. The molecule has 28 heavy (non-hydrogen) atoms. The van der Waals surface area contributed by atoms with Crippen LogP contribution in [0.2, 0.25) is 0 Å². The van der Waals surface area contributed by atoms with Crippen LogP contribution in [0.1, 0.15) is 42.4 Å². The maximum atomic E-state index is 12.9. The lowest BCUT2D eigenvalue weighted by atomic mass is 10.1. The van der Waals surface area contributed by atoms with Crippen molar-refractivity contribution in [2.75, 3.05) is 18.4 Å². The Morgan fingerprint density at radius 3 is 2.82 bits per heavy atom. The van der Waals surface area contributed by atoms with Gasteiger partial charge in [0.1, 0.15) is 5.69 Å². The van der Waals surface area contributed by atoms with Crippen molar-refractivity contribution in [1.82, 2.24) is 9.88 Å². The van der Waals surface area contributed by atoms with E-state index in [-0.39, 0.29) is 29.6 Å². The summed E-state index contributed by atoms with van der Waals surface area (Å²) in [4.78, 5) is 30.0. The molecule has 0 radical (unpaired) electrons. The van der Waals surface area contributed by atoms with Gasteiger partial charge >= 0.3 is 0 Å². The number of likely N-dealkylation sites (tertiary alicyclic amines) is 1. The van der Waals surface area contributed by atoms with E-state index in [9.17, 15) is 14.9 Å². The summed E-state index contributed by atoms with van der Waals surface area (Å²) in [6.45, 7) is 4.97. The fourth-order valence-corrected chi connectivity index (χ4v) is 3.64. The Labute approximate surface area is 163 Å². The molecule has 0 aliphatic carbocycles. The van der Waals surface area contributed by atoms with Crippen LogP contribution in [-0.4, -0.2) is 39.8 Å². The van der Waals surface area contributed by atoms with Crippen LogP contribution < -0.4 is 11.1 Å². The van der Waals surface area contributed by atoms with Crippen LogP contribution in [0, 0.1) is 16.0 Å². The molecule has 3 N–H and O–H groups in total. The first-order valence-corrected chi connectivity index (χ1v) is 9.37. The minimum Gasteiger partial charge on any atom is -0.371 e. The molecular formula is C20H25N5O3. The summed E-state index contributed by atoms with van der Waals surface area (Å²) >= 11 is 0. The van der Waals surface area contributed by atoms with Crippen molar-refractivity contribution in [1.29, 1.82) is 0 Å². The predicted octanol–water partition coefficient (Wildman–Crippen LogP) is 2.97. The molecule has 1 amide bonds. The third kappa shape index (κ3) is 4.12. The van der Waals surface area contributed by atoms with Crippen molar-refractivity contribution < 1.29 is 9.72 Å². The van der Waals surface area contributed by atoms with E-state index in [4.69, 9.17) is 5.73 Å². The van der Waals surface area contributed by atoms with Gasteiger partial charge in [0, 0.05) is 30.4 Å². The number of nitrogens with zero attached hydrogens (tertiary/aromatic N) is 3. The van der Waals surface area contributed by atoms with Gasteiger partial charge in [0.05, 0.1) is 16.7 Å². The molecule has 148 valence electrons. The molecule has 2 heterocycles. The lowest BCUT2D eigenvalue weighted by Gasteiger charge is -2.22. The van der Waals surface area contributed by atoms with Gasteiger partial charge in [0.2, 0.25) is 0 Å². The SMILES string of the molecule is CC(Nc1ccc(C(=O)N2CC(CN)CC2C)cc1[N+](=O)[O-])c1ccccn1. The van der Waals surface area contributed by atoms with Crippen LogP contribution in [-0.2, 0) is 0 Å². The summed E-state index contributed by atoms with van der Waals surface area (Å²) in [5.74, 6) is 0.0740. The largest absolute Gasteiger partial charge is 0.371 e. The van der Waals surface area contributed by atoms with Crippen LogP contribution >= 0.6 is 0 Å². The Morgan fingerprint density at radius 1 is 1.43 bits per heavy atom. The summed E-state index contributed by atoms with van der Waals surface area (Å²) in [6.07, 6.45) is 2.53. The van der Waals surface area contributed by atoms with Crippen molar-refractivity contribution in [3.63, 3.8) is 0 Å². The Bertz CT molecular complexity index is 858. The predicted molar refractivity (Wildman–Crippen MR) is 107 cm³/mol. The number of carbonyl (C=O) groups excluding carboxylic acids is 1. The standard InChI is InChI=1S/C20H25N5O3/c1-13-9-15(11-21)12-24(13)20(26)16-6-7-18(19(10-16)25(27)28)23-14(2)17-5-3-4-8-22-17/h3-8,10,13-15,23H,9,11-12,21H2,1-2H3. The van der Waals surface area contributed by atoms with Crippen LogP contribution in [0.25, 0.3) is 0 Å². The van der Waals surface area contributed by atoms with E-state index in [1.54, 1.807) is 23.2 Å². The van der Waals surface area contributed by atoms with Crippen LogP contribution in [0.3, 0.4) is 0 Å². The second kappa shape index (κ2) is 8.35. The highest BCUT2D eigenvalue weighted by molar-refractivity contribution is 5.96. The molecule has 1 aromatic heterocycles. The smallest absolute Gasteiger partial charge is 0.293 e. The van der Waals surface area contributed by atoms with Gasteiger partial charge in [-0.3, -0.25) is 19.9 Å². The van der Waals surface area contributed by atoms with E-state index >= 15 is 0 Å². The van der Waals surface area contributed by atoms with Gasteiger partial charge in [0.15, 0.2) is 0 Å². The number of nitrogens with one attached hydrogen (secondary N) is 1. The topological polar surface area (TPSA) is 114 Å². The Balaban J connectivity index is 1.83. The monoisotopic (exact) mass is 383 g/mol. The van der Waals surface area contributed by atoms with Gasteiger partial charge in [-0.1, -0.05) is 6.07 Å². The number of nitro groups is 1. The lowest BCUT2D eigenvalue weighted by Crippen LogP contribution is -2.34. The minimum absolute atomic E-state index is 0.0714. The normalized spacial score (nSPS) is 20.0. The van der Waals surface area contributed by atoms with Crippen molar-refractivity contribution in [3.05, 3.63) is 64.0 Å². The molecule has 0 bridgehead atoms. The van der Waals surface area contributed by atoms with Crippen LogP contribution in [0.5, 0.6) is 0 Å². The molecule has 1 fully saturated rings. The molecule has 8 heteroatoms. The highest BCUT2D eigenvalue weighted by Gasteiger charge is 2.33. The number of benzene rings is 1. The lowest BCUT2D eigenvalue weighted by molar-refractivity contribution is -0.384. The van der Waals surface area contributed by atoms with Gasteiger partial charge in [-0.15, -0.1) is 0 Å². The molecule has 3 atom stereocenters. The molecule has 0 saturated carbocycles. The molecule has 1 aliphatic heterocycles. The fourth-order valence-electron chi connectivity index (χ4n) is 3.64. The number of amides is 1. The minimum atomic E-state index is -0.472. The summed E-state index contributed by atoms with van der Waals surface area (Å²) < 4.78 is 0. The van der Waals surface area contributed by atoms with E-state index in [1.165, 1.54) is 6.07 Å². The van der Waals surface area contributed by atoms with Gasteiger partial charge in [0.25, 0.3) is 11.6 Å². The van der Waals surface area contributed by atoms with Crippen molar-refractivity contribution >= 4 is 17.3 Å². The number of nitro benzene ring substituents is 1. The third-order valence-corrected chi connectivity index (χ3v) is 5.20. The second-order valence-corrected chi connectivity index (χ2v) is 7.25. The number of aromatic nitrogens is 1. The molecule has 1 aromatic carbocycles. The molecule has 2 aromatic rings. The number of anilines is 1. The summed E-state index contributed by atoms with van der Waals surface area (Å²) in [7, 11) is 0. The Kier molecular flexibility index (Phi) is 5.89. The number of pyridine rings is 1. The third-order valence-electron chi connectivity index (χ3n) is 5.20. The van der Waals surface area contributed by atoms with E-state index in [0.29, 0.717) is 24.3 Å². The first-order chi connectivity index (χ1) is 13.4. The maximum absolute atomic E-state index is 12.9. The van der Waals surface area contributed by atoms with Gasteiger partial charge in [-0.25, -0.2) is 0 Å². The van der Waals surface area contributed by atoms with Crippen molar-refractivity contribution in [2.24, 2.45) is 11.7 Å². The summed E-state index contributed by atoms with van der Waals surface area (Å²) in [5.41, 5.74) is 7.05. The van der Waals surface area contributed by atoms with Gasteiger partial charge in [-0.05, 0) is 57.0 Å². The Hall–Kier alpha value is -3.00. The zero-order valence-corrected chi connectivity index (χ0v) is 16.0. The molecule has 0 spiro atoms. The van der Waals surface area contributed by atoms with Gasteiger partial charge < -0.3 is 16.0 Å². The average molecular weight is 383 g/mol. The molecule has 3 rings (SSSR count). The summed E-state index contributed by atoms with van der Waals surface area (Å²) in [6, 6.07) is 9.95. The molecule has 1 saturated heterocycles. The molecular weight excluding hydrogens is 358 g/mol. The van der Waals surface area contributed by atoms with E-state index in [1.807, 2.05) is 32.0 Å². The number of carbonyl (C=O) groups is 1. The van der Waals surface area contributed by atoms with Crippen LogP contribution in [0.4, 0.5) is 11.4 Å². The number of hydrogen-bond donors (Lipinski definition) is 2. The average Bonchev–Trinajstić information content (AvgIpc) is 3.09. The van der Waals surface area contributed by atoms with Crippen molar-refractivity contribution in [3.8, 4) is 0 Å². The van der Waals surface area contributed by atoms with Crippen LogP contribution in [0.15, 0.2) is 42.6 Å². The van der Waals surface area contributed by atoms with Gasteiger partial charge in [-0.2, -0.15) is 0 Å². The van der Waals surface area contributed by atoms with E-state index in [0.717, 1.165) is 12.1 Å². The highest BCUT2D eigenvalue weighted by atomic mass is 16.6. The maximum Gasteiger partial charge on any atom is 0.293 e. The fraction of sp³-hybridized carbons (Fsp3) is 0.400. The van der Waals surface area contributed by atoms with E-state index < -0.39 is 4.92 Å². The second-order valence-electron chi connectivity index (χ2n) is 7.25. The first kappa shape index (κ1) is 19.8. The quantitative estimate of drug-likeness (QED) is 0.585. The molecule has 3 unspecified atom stereocenters. The highest BCUT2D eigenvalue weighted by Crippen LogP contribution is 2.31. The zero-order valence-electron chi connectivity index (χ0n) is 16.0.